The number of rotatable bonds is 7. The summed E-state index contributed by atoms with van der Waals surface area (Å²) in [6, 6.07) is 4.55. The van der Waals surface area contributed by atoms with Crippen molar-refractivity contribution in [2.24, 2.45) is 0 Å². The van der Waals surface area contributed by atoms with Gasteiger partial charge in [-0.15, -0.1) is 0 Å². The molecule has 0 spiro atoms. The van der Waals surface area contributed by atoms with E-state index in [0.29, 0.717) is 6.04 Å². The van der Waals surface area contributed by atoms with E-state index < -0.39 is 0 Å². The molecule has 0 saturated carbocycles. The second-order valence-electron chi connectivity index (χ2n) is 4.37. The first-order chi connectivity index (χ1) is 9.76. The average Bonchev–Trinajstić information content (AvgIpc) is 2.93. The maximum absolute atomic E-state index is 4.56. The molecule has 0 amide bonds. The molecule has 1 unspecified atom stereocenters. The predicted octanol–water partition coefficient (Wildman–Crippen LogP) is 3.71. The Morgan fingerprint density at radius 3 is 2.70 bits per heavy atom. The van der Waals surface area contributed by atoms with Crippen LogP contribution in [0.2, 0.25) is 0 Å². The Bertz CT molecular complexity index is 524. The molecule has 0 aliphatic heterocycles. The van der Waals surface area contributed by atoms with E-state index in [2.05, 4.69) is 52.6 Å². The highest BCUT2D eigenvalue weighted by atomic mass is 32.2. The second-order valence-corrected chi connectivity index (χ2v) is 6.44. The molecule has 2 rings (SSSR count). The van der Waals surface area contributed by atoms with Crippen LogP contribution in [0.1, 0.15) is 44.8 Å². The molecule has 2 aromatic rings. The van der Waals surface area contributed by atoms with Gasteiger partial charge in [0.25, 0.3) is 0 Å². The van der Waals surface area contributed by atoms with Crippen LogP contribution in [0.5, 0.6) is 0 Å². The highest BCUT2D eigenvalue weighted by molar-refractivity contribution is 8.01. The molecule has 0 aromatic carbocycles. The van der Waals surface area contributed by atoms with Crippen molar-refractivity contribution in [3.63, 3.8) is 0 Å². The molecule has 2 heterocycles. The van der Waals surface area contributed by atoms with Gasteiger partial charge in [-0.2, -0.15) is 4.37 Å². The van der Waals surface area contributed by atoms with Crippen LogP contribution in [0, 0.1) is 0 Å². The van der Waals surface area contributed by atoms with Gasteiger partial charge < -0.3 is 5.32 Å². The Hall–Kier alpha value is -0.980. The number of hydrogen-bond donors (Lipinski definition) is 1. The molecule has 0 aliphatic rings. The number of aromatic nitrogens is 3. The topological polar surface area (TPSA) is 50.7 Å². The predicted molar refractivity (Wildman–Crippen MR) is 84.4 cm³/mol. The molecule has 0 aliphatic carbocycles. The van der Waals surface area contributed by atoms with Gasteiger partial charge in [-0.3, -0.25) is 4.98 Å². The summed E-state index contributed by atoms with van der Waals surface area (Å²) in [6.07, 6.45) is 3.85. The molecule has 6 heteroatoms. The van der Waals surface area contributed by atoms with E-state index in [1.165, 1.54) is 11.5 Å². The summed E-state index contributed by atoms with van der Waals surface area (Å²) in [7, 11) is 0. The fourth-order valence-electron chi connectivity index (χ4n) is 1.89. The third kappa shape index (κ3) is 4.01. The van der Waals surface area contributed by atoms with Crippen molar-refractivity contribution in [2.45, 2.75) is 48.9 Å². The minimum atomic E-state index is 0.340. The van der Waals surface area contributed by atoms with Crippen molar-refractivity contribution < 1.29 is 0 Å². The third-order valence-corrected chi connectivity index (χ3v) is 4.71. The van der Waals surface area contributed by atoms with Gasteiger partial charge in [0.1, 0.15) is 5.82 Å². The van der Waals surface area contributed by atoms with E-state index in [1.807, 2.05) is 6.20 Å². The zero-order valence-corrected chi connectivity index (χ0v) is 13.7. The number of hydrogen-bond acceptors (Lipinski definition) is 6. The van der Waals surface area contributed by atoms with Crippen molar-refractivity contribution in [2.75, 3.05) is 6.54 Å². The average molecular weight is 308 g/mol. The molecule has 0 saturated heterocycles. The number of aryl methyl sites for hydroxylation is 1. The van der Waals surface area contributed by atoms with Gasteiger partial charge >= 0.3 is 0 Å². The van der Waals surface area contributed by atoms with Gasteiger partial charge in [0.15, 0.2) is 4.34 Å². The lowest BCUT2D eigenvalue weighted by molar-refractivity contribution is 0.524. The SMILES string of the molecule is CCNC(CC)c1ccc(Sc2nc(CC)ns2)cn1. The Labute approximate surface area is 128 Å². The Morgan fingerprint density at radius 1 is 1.30 bits per heavy atom. The van der Waals surface area contributed by atoms with E-state index >= 15 is 0 Å². The largest absolute Gasteiger partial charge is 0.309 e. The summed E-state index contributed by atoms with van der Waals surface area (Å²) in [5.74, 6) is 0.917. The molecular formula is C14H20N4S2. The van der Waals surface area contributed by atoms with Gasteiger partial charge in [-0.05, 0) is 36.6 Å². The Kier molecular flexibility index (Phi) is 5.94. The lowest BCUT2D eigenvalue weighted by atomic mass is 10.1. The summed E-state index contributed by atoms with van der Waals surface area (Å²) in [6.45, 7) is 7.32. The standard InChI is InChI=1S/C14H20N4S2/c1-4-11(15-6-3)12-8-7-10(9-16-12)19-14-17-13(5-2)18-20-14/h7-9,11,15H,4-6H2,1-3H3. The molecule has 4 nitrogen and oxygen atoms in total. The maximum Gasteiger partial charge on any atom is 0.174 e. The van der Waals surface area contributed by atoms with Crippen molar-refractivity contribution in [1.29, 1.82) is 0 Å². The monoisotopic (exact) mass is 308 g/mol. The van der Waals surface area contributed by atoms with Crippen LogP contribution in [-0.2, 0) is 6.42 Å². The lowest BCUT2D eigenvalue weighted by Crippen LogP contribution is -2.20. The lowest BCUT2D eigenvalue weighted by Gasteiger charge is -2.15. The molecular weight excluding hydrogens is 288 g/mol. The number of pyridine rings is 1. The quantitative estimate of drug-likeness (QED) is 0.845. The zero-order chi connectivity index (χ0) is 14.4. The molecule has 1 atom stereocenters. The van der Waals surface area contributed by atoms with Crippen LogP contribution in [-0.4, -0.2) is 20.9 Å². The van der Waals surface area contributed by atoms with E-state index in [9.17, 15) is 0 Å². The van der Waals surface area contributed by atoms with Crippen molar-refractivity contribution in [1.82, 2.24) is 19.7 Å². The molecule has 108 valence electrons. The van der Waals surface area contributed by atoms with Crippen LogP contribution in [0.3, 0.4) is 0 Å². The molecule has 2 aromatic heterocycles. The highest BCUT2D eigenvalue weighted by Gasteiger charge is 2.10. The summed E-state index contributed by atoms with van der Waals surface area (Å²) in [5.41, 5.74) is 1.10. The first-order valence-corrected chi connectivity index (χ1v) is 8.55. The minimum Gasteiger partial charge on any atom is -0.309 e. The normalized spacial score (nSPS) is 12.6. The van der Waals surface area contributed by atoms with E-state index in [1.54, 1.807) is 11.8 Å². The fourth-order valence-corrected chi connectivity index (χ4v) is 3.53. The van der Waals surface area contributed by atoms with E-state index in [0.717, 1.165) is 40.1 Å². The Balaban J connectivity index is 2.03. The van der Waals surface area contributed by atoms with Crippen molar-refractivity contribution >= 4 is 23.3 Å². The fraction of sp³-hybridized carbons (Fsp3) is 0.500. The number of nitrogens with one attached hydrogen (secondary N) is 1. The third-order valence-electron chi connectivity index (χ3n) is 2.95. The van der Waals surface area contributed by atoms with E-state index in [-0.39, 0.29) is 0 Å². The van der Waals surface area contributed by atoms with Crippen molar-refractivity contribution in [3.8, 4) is 0 Å². The van der Waals surface area contributed by atoms with Crippen molar-refractivity contribution in [3.05, 3.63) is 29.8 Å². The van der Waals surface area contributed by atoms with Crippen LogP contribution in [0.25, 0.3) is 0 Å². The maximum atomic E-state index is 4.56. The second kappa shape index (κ2) is 7.71. The zero-order valence-electron chi connectivity index (χ0n) is 12.1. The summed E-state index contributed by atoms with van der Waals surface area (Å²) in [5, 5.41) is 3.44. The van der Waals surface area contributed by atoms with Crippen LogP contribution >= 0.6 is 23.3 Å². The molecule has 0 radical (unpaired) electrons. The van der Waals surface area contributed by atoms with Gasteiger partial charge in [0.05, 0.1) is 5.69 Å². The van der Waals surface area contributed by atoms with Gasteiger partial charge in [-0.25, -0.2) is 4.98 Å². The summed E-state index contributed by atoms with van der Waals surface area (Å²) < 4.78 is 5.28. The minimum absolute atomic E-state index is 0.340. The molecule has 1 N–H and O–H groups in total. The number of nitrogens with zero attached hydrogens (tertiary/aromatic N) is 3. The highest BCUT2D eigenvalue weighted by Crippen LogP contribution is 2.29. The van der Waals surface area contributed by atoms with Gasteiger partial charge in [-0.1, -0.05) is 32.5 Å². The smallest absolute Gasteiger partial charge is 0.174 e. The van der Waals surface area contributed by atoms with E-state index in [4.69, 9.17) is 0 Å². The first kappa shape index (κ1) is 15.4. The Morgan fingerprint density at radius 2 is 2.15 bits per heavy atom. The van der Waals surface area contributed by atoms with Gasteiger partial charge in [0.2, 0.25) is 0 Å². The first-order valence-electron chi connectivity index (χ1n) is 6.96. The molecule has 0 bridgehead atoms. The molecule has 0 fully saturated rings. The van der Waals surface area contributed by atoms with Gasteiger partial charge in [0, 0.05) is 23.6 Å². The van der Waals surface area contributed by atoms with Crippen LogP contribution in [0.4, 0.5) is 0 Å². The summed E-state index contributed by atoms with van der Waals surface area (Å²) in [4.78, 5) is 10.1. The molecule has 20 heavy (non-hydrogen) atoms. The van der Waals surface area contributed by atoms with Crippen LogP contribution in [0.15, 0.2) is 27.6 Å². The van der Waals surface area contributed by atoms with Crippen LogP contribution < -0.4 is 5.32 Å². The summed E-state index contributed by atoms with van der Waals surface area (Å²) >= 11 is 3.08.